The van der Waals surface area contributed by atoms with Crippen molar-refractivity contribution in [2.75, 3.05) is 12.3 Å². The molecule has 116 valence electrons. The van der Waals surface area contributed by atoms with Crippen molar-refractivity contribution < 1.29 is 19.1 Å². The second-order valence-electron chi connectivity index (χ2n) is 4.85. The molecule has 0 saturated heterocycles. The molecule has 1 heterocycles. The van der Waals surface area contributed by atoms with E-state index in [2.05, 4.69) is 0 Å². The molecule has 0 spiro atoms. The van der Waals surface area contributed by atoms with Gasteiger partial charge in [-0.05, 0) is 36.4 Å². The fraction of sp³-hybridized carbons (Fsp3) is 0.0625. The molecule has 2 N–H and O–H groups in total. The van der Waals surface area contributed by atoms with Gasteiger partial charge in [-0.1, -0.05) is 17.7 Å². The first kappa shape index (κ1) is 15.1. The summed E-state index contributed by atoms with van der Waals surface area (Å²) in [6, 6.07) is 10.9. The van der Waals surface area contributed by atoms with Crippen molar-refractivity contribution in [2.24, 2.45) is 0 Å². The Kier molecular flexibility index (Phi) is 3.75. The first-order valence-corrected chi connectivity index (χ1v) is 7.05. The molecule has 0 aliphatic carbocycles. The van der Waals surface area contributed by atoms with E-state index in [0.29, 0.717) is 15.7 Å². The van der Waals surface area contributed by atoms with Gasteiger partial charge in [-0.3, -0.25) is 14.4 Å². The van der Waals surface area contributed by atoms with E-state index >= 15 is 0 Å². The Morgan fingerprint density at radius 2 is 1.78 bits per heavy atom. The fourth-order valence-corrected chi connectivity index (χ4v) is 2.40. The van der Waals surface area contributed by atoms with Gasteiger partial charge in [0.1, 0.15) is 5.75 Å². The van der Waals surface area contributed by atoms with Crippen LogP contribution in [0, 0.1) is 0 Å². The number of nitrogen functional groups attached to an aromatic ring is 1. The van der Waals surface area contributed by atoms with Crippen molar-refractivity contribution in [2.45, 2.75) is 0 Å². The summed E-state index contributed by atoms with van der Waals surface area (Å²) < 4.78 is 5.28. The van der Waals surface area contributed by atoms with Crippen LogP contribution < -0.4 is 10.5 Å². The maximum atomic E-state index is 12.3. The van der Waals surface area contributed by atoms with Crippen LogP contribution in [0.5, 0.6) is 5.75 Å². The summed E-state index contributed by atoms with van der Waals surface area (Å²) in [6.45, 7) is -0.451. The summed E-state index contributed by atoms with van der Waals surface area (Å²) in [4.78, 5) is 37.2. The van der Waals surface area contributed by atoms with E-state index in [1.54, 1.807) is 30.3 Å². The van der Waals surface area contributed by atoms with E-state index in [4.69, 9.17) is 22.1 Å². The predicted molar refractivity (Wildman–Crippen MR) is 83.3 cm³/mol. The van der Waals surface area contributed by atoms with E-state index < -0.39 is 24.3 Å². The SMILES string of the molecule is Nc1cccc2c1C(=O)N(C(=O)COc1ccc(Cl)cc1)C2=O. The number of carbonyl (C=O) groups excluding carboxylic acids is 3. The van der Waals surface area contributed by atoms with E-state index in [-0.39, 0.29) is 16.8 Å². The number of imide groups is 3. The molecule has 23 heavy (non-hydrogen) atoms. The molecule has 3 amide bonds. The first-order valence-electron chi connectivity index (χ1n) is 6.67. The minimum atomic E-state index is -0.759. The summed E-state index contributed by atoms with van der Waals surface area (Å²) in [5.41, 5.74) is 6.05. The Labute approximate surface area is 136 Å². The third-order valence-corrected chi connectivity index (χ3v) is 3.62. The second kappa shape index (κ2) is 5.73. The number of benzene rings is 2. The summed E-state index contributed by atoms with van der Waals surface area (Å²) in [5.74, 6) is -1.78. The summed E-state index contributed by atoms with van der Waals surface area (Å²) in [5, 5.41) is 0.527. The van der Waals surface area contributed by atoms with Crippen LogP contribution in [0.4, 0.5) is 5.69 Å². The highest BCUT2D eigenvalue weighted by atomic mass is 35.5. The van der Waals surface area contributed by atoms with Crippen molar-refractivity contribution in [3.63, 3.8) is 0 Å². The first-order chi connectivity index (χ1) is 11.0. The zero-order chi connectivity index (χ0) is 16.6. The van der Waals surface area contributed by atoms with Gasteiger partial charge in [0, 0.05) is 10.7 Å². The Morgan fingerprint density at radius 3 is 2.43 bits per heavy atom. The standard InChI is InChI=1S/C16H11ClN2O4/c17-9-4-6-10(7-5-9)23-8-13(20)19-15(21)11-2-1-3-12(18)14(11)16(19)22/h1-7H,8,18H2. The smallest absolute Gasteiger partial charge is 0.274 e. The molecule has 2 aromatic carbocycles. The summed E-state index contributed by atoms with van der Waals surface area (Å²) in [6.07, 6.45) is 0. The molecule has 3 rings (SSSR count). The second-order valence-corrected chi connectivity index (χ2v) is 5.29. The highest BCUT2D eigenvalue weighted by Gasteiger charge is 2.41. The molecule has 2 aromatic rings. The van der Waals surface area contributed by atoms with Gasteiger partial charge < -0.3 is 10.5 Å². The number of halogens is 1. The van der Waals surface area contributed by atoms with Crippen molar-refractivity contribution >= 4 is 35.0 Å². The lowest BCUT2D eigenvalue weighted by Gasteiger charge is -2.12. The molecule has 6 nitrogen and oxygen atoms in total. The number of hydrogen-bond donors (Lipinski definition) is 1. The molecule has 1 aliphatic rings. The minimum Gasteiger partial charge on any atom is -0.484 e. The minimum absolute atomic E-state index is 0.0531. The molecule has 0 saturated carbocycles. The normalized spacial score (nSPS) is 13.2. The van der Waals surface area contributed by atoms with E-state index in [9.17, 15) is 14.4 Å². The lowest BCUT2D eigenvalue weighted by molar-refractivity contribution is -0.128. The van der Waals surface area contributed by atoms with Crippen LogP contribution in [0.2, 0.25) is 5.02 Å². The highest BCUT2D eigenvalue weighted by Crippen LogP contribution is 2.27. The zero-order valence-corrected chi connectivity index (χ0v) is 12.5. The van der Waals surface area contributed by atoms with Gasteiger partial charge in [0.2, 0.25) is 0 Å². The Bertz CT molecular complexity index is 817. The van der Waals surface area contributed by atoms with Crippen LogP contribution in [0.15, 0.2) is 42.5 Å². The number of nitrogens with zero attached hydrogens (tertiary/aromatic N) is 1. The van der Waals surface area contributed by atoms with E-state index in [1.807, 2.05) is 0 Å². The van der Waals surface area contributed by atoms with Gasteiger partial charge in [-0.15, -0.1) is 0 Å². The number of anilines is 1. The van der Waals surface area contributed by atoms with Crippen LogP contribution in [0.3, 0.4) is 0 Å². The van der Waals surface area contributed by atoms with Gasteiger partial charge in [-0.2, -0.15) is 0 Å². The summed E-state index contributed by atoms with van der Waals surface area (Å²) in [7, 11) is 0. The maximum Gasteiger partial charge on any atom is 0.274 e. The van der Waals surface area contributed by atoms with E-state index in [1.165, 1.54) is 12.1 Å². The number of amides is 3. The highest BCUT2D eigenvalue weighted by molar-refractivity contribution is 6.31. The van der Waals surface area contributed by atoms with Gasteiger partial charge in [-0.25, -0.2) is 4.90 Å². The van der Waals surface area contributed by atoms with Crippen LogP contribution >= 0.6 is 11.6 Å². The lowest BCUT2D eigenvalue weighted by atomic mass is 10.1. The van der Waals surface area contributed by atoms with Crippen molar-refractivity contribution in [1.82, 2.24) is 4.90 Å². The number of ether oxygens (including phenoxy) is 1. The molecule has 7 heteroatoms. The van der Waals surface area contributed by atoms with Gasteiger partial charge in [0.15, 0.2) is 6.61 Å². The lowest BCUT2D eigenvalue weighted by Crippen LogP contribution is -2.39. The zero-order valence-electron chi connectivity index (χ0n) is 11.8. The Balaban J connectivity index is 1.76. The molecule has 0 bridgehead atoms. The van der Waals surface area contributed by atoms with E-state index in [0.717, 1.165) is 0 Å². The fourth-order valence-electron chi connectivity index (χ4n) is 2.28. The maximum absolute atomic E-state index is 12.3. The molecule has 0 unspecified atom stereocenters. The quantitative estimate of drug-likeness (QED) is 0.687. The monoisotopic (exact) mass is 330 g/mol. The van der Waals surface area contributed by atoms with Crippen molar-refractivity contribution in [1.29, 1.82) is 0 Å². The average Bonchev–Trinajstić information content (AvgIpc) is 2.79. The van der Waals surface area contributed by atoms with Crippen LogP contribution in [0.25, 0.3) is 0 Å². The van der Waals surface area contributed by atoms with Crippen LogP contribution in [-0.2, 0) is 4.79 Å². The van der Waals surface area contributed by atoms with Crippen LogP contribution in [-0.4, -0.2) is 29.2 Å². The molecular formula is C16H11ClN2O4. The van der Waals surface area contributed by atoms with Gasteiger partial charge in [0.05, 0.1) is 11.1 Å². The third-order valence-electron chi connectivity index (χ3n) is 3.37. The number of fused-ring (bicyclic) bond motifs is 1. The number of hydrogen-bond acceptors (Lipinski definition) is 5. The molecule has 0 fully saturated rings. The number of nitrogens with two attached hydrogens (primary N) is 1. The summed E-state index contributed by atoms with van der Waals surface area (Å²) >= 11 is 5.75. The molecule has 0 atom stereocenters. The van der Waals surface area contributed by atoms with Gasteiger partial charge in [0.25, 0.3) is 17.7 Å². The van der Waals surface area contributed by atoms with Crippen molar-refractivity contribution in [3.8, 4) is 5.75 Å². The molecule has 0 aromatic heterocycles. The van der Waals surface area contributed by atoms with Crippen molar-refractivity contribution in [3.05, 3.63) is 58.6 Å². The van der Waals surface area contributed by atoms with Crippen LogP contribution in [0.1, 0.15) is 20.7 Å². The largest absolute Gasteiger partial charge is 0.484 e. The predicted octanol–water partition coefficient (Wildman–Crippen LogP) is 2.12. The van der Waals surface area contributed by atoms with Gasteiger partial charge >= 0.3 is 0 Å². The Morgan fingerprint density at radius 1 is 1.09 bits per heavy atom. The number of carbonyl (C=O) groups is 3. The molecule has 1 aliphatic heterocycles. The Hall–Kier alpha value is -2.86. The topological polar surface area (TPSA) is 89.7 Å². The third kappa shape index (κ3) is 2.64. The average molecular weight is 331 g/mol. The molecular weight excluding hydrogens is 320 g/mol. The molecule has 0 radical (unpaired) electrons. The number of rotatable bonds is 3.